The number of thiophene rings is 1. The molecule has 1 heterocycles. The molecule has 4 aromatic rings. The predicted molar refractivity (Wildman–Crippen MR) is 147 cm³/mol. The van der Waals surface area contributed by atoms with Gasteiger partial charge in [0.05, 0.1) is 26.9 Å². The van der Waals surface area contributed by atoms with Crippen LogP contribution in [0.15, 0.2) is 71.6 Å². The summed E-state index contributed by atoms with van der Waals surface area (Å²) in [6.07, 6.45) is 0. The first kappa shape index (κ1) is 25.8. The van der Waals surface area contributed by atoms with E-state index in [4.69, 9.17) is 33.7 Å². The van der Waals surface area contributed by atoms with E-state index in [0.717, 1.165) is 21.2 Å². The van der Waals surface area contributed by atoms with E-state index in [1.54, 1.807) is 67.6 Å². The summed E-state index contributed by atoms with van der Waals surface area (Å²) < 4.78 is 6.96. The minimum absolute atomic E-state index is 0.0485. The van der Waals surface area contributed by atoms with E-state index in [0.29, 0.717) is 26.9 Å². The van der Waals surface area contributed by atoms with E-state index in [2.05, 4.69) is 0 Å². The standard InChI is InChI=1S/C28H23Cl2NO4S/c1-15(2)27(32)20(26(31)25-22(29)4-3-5-23(25)30)13-35-18-9-6-16(7-10-18)21-14-36-24-11-8-17(28(33)34)12-19(21)24/h3-12,14-15H,13,31H2,1-2H3,(H,33,34)/b26-20-. The Hall–Kier alpha value is -3.32. The Morgan fingerprint density at radius 1 is 1.03 bits per heavy atom. The van der Waals surface area contributed by atoms with Gasteiger partial charge in [-0.05, 0) is 53.4 Å². The van der Waals surface area contributed by atoms with Gasteiger partial charge in [0, 0.05) is 27.1 Å². The van der Waals surface area contributed by atoms with Crippen molar-refractivity contribution in [3.63, 3.8) is 0 Å². The number of carbonyl (C=O) groups excluding carboxylic acids is 1. The lowest BCUT2D eigenvalue weighted by atomic mass is 9.97. The summed E-state index contributed by atoms with van der Waals surface area (Å²) in [4.78, 5) is 24.4. The van der Waals surface area contributed by atoms with Crippen molar-refractivity contribution in [2.75, 3.05) is 6.61 Å². The summed E-state index contributed by atoms with van der Waals surface area (Å²) in [6, 6.07) is 17.5. The molecule has 0 saturated carbocycles. The molecule has 0 amide bonds. The number of halogens is 2. The molecule has 0 aliphatic rings. The van der Waals surface area contributed by atoms with Crippen LogP contribution in [0, 0.1) is 5.92 Å². The van der Waals surface area contributed by atoms with Gasteiger partial charge in [0.1, 0.15) is 12.4 Å². The molecule has 0 fully saturated rings. The van der Waals surface area contributed by atoms with Gasteiger partial charge in [-0.3, -0.25) is 4.79 Å². The van der Waals surface area contributed by atoms with Crippen LogP contribution in [0.1, 0.15) is 29.8 Å². The first-order chi connectivity index (χ1) is 17.2. The maximum Gasteiger partial charge on any atom is 0.335 e. The highest BCUT2D eigenvalue weighted by molar-refractivity contribution is 7.17. The Bertz CT molecular complexity index is 1470. The molecule has 0 saturated heterocycles. The quantitative estimate of drug-likeness (QED) is 0.225. The van der Waals surface area contributed by atoms with Gasteiger partial charge in [-0.25, -0.2) is 4.79 Å². The van der Waals surface area contributed by atoms with Crippen molar-refractivity contribution in [2.24, 2.45) is 11.7 Å². The minimum Gasteiger partial charge on any atom is -0.489 e. The second-order valence-electron chi connectivity index (χ2n) is 8.49. The van der Waals surface area contributed by atoms with E-state index < -0.39 is 5.97 Å². The zero-order valence-corrected chi connectivity index (χ0v) is 21.9. The molecule has 0 atom stereocenters. The first-order valence-corrected chi connectivity index (χ1v) is 12.8. The molecule has 0 bridgehead atoms. The molecule has 0 unspecified atom stereocenters. The number of rotatable bonds is 8. The van der Waals surface area contributed by atoms with Crippen LogP contribution in [0.2, 0.25) is 10.0 Å². The third-order valence-electron chi connectivity index (χ3n) is 5.75. The Kier molecular flexibility index (Phi) is 7.69. The Morgan fingerprint density at radius 3 is 2.31 bits per heavy atom. The van der Waals surface area contributed by atoms with Crippen molar-refractivity contribution >= 4 is 62.1 Å². The van der Waals surface area contributed by atoms with Gasteiger partial charge in [0.25, 0.3) is 0 Å². The van der Waals surface area contributed by atoms with Gasteiger partial charge >= 0.3 is 5.97 Å². The number of hydrogen-bond acceptors (Lipinski definition) is 5. The van der Waals surface area contributed by atoms with Crippen molar-refractivity contribution in [1.29, 1.82) is 0 Å². The number of carbonyl (C=O) groups is 2. The van der Waals surface area contributed by atoms with Crippen LogP contribution in [-0.4, -0.2) is 23.5 Å². The van der Waals surface area contributed by atoms with Crippen molar-refractivity contribution in [3.8, 4) is 16.9 Å². The zero-order valence-electron chi connectivity index (χ0n) is 19.5. The van der Waals surface area contributed by atoms with E-state index in [1.165, 1.54) is 0 Å². The largest absolute Gasteiger partial charge is 0.489 e. The number of benzene rings is 3. The van der Waals surface area contributed by atoms with Gasteiger partial charge in [-0.1, -0.05) is 55.2 Å². The third-order valence-corrected chi connectivity index (χ3v) is 7.34. The first-order valence-electron chi connectivity index (χ1n) is 11.1. The normalized spacial score (nSPS) is 12.0. The maximum absolute atomic E-state index is 13.0. The third kappa shape index (κ3) is 5.26. The lowest BCUT2D eigenvalue weighted by Crippen LogP contribution is -2.21. The molecule has 3 N–H and O–H groups in total. The second kappa shape index (κ2) is 10.7. The smallest absolute Gasteiger partial charge is 0.335 e. The van der Waals surface area contributed by atoms with E-state index in [1.807, 2.05) is 23.6 Å². The second-order valence-corrected chi connectivity index (χ2v) is 10.2. The van der Waals surface area contributed by atoms with Gasteiger partial charge in [-0.15, -0.1) is 11.3 Å². The fourth-order valence-corrected chi connectivity index (χ4v) is 5.36. The van der Waals surface area contributed by atoms with Gasteiger partial charge in [-0.2, -0.15) is 0 Å². The van der Waals surface area contributed by atoms with Crippen LogP contribution in [0.5, 0.6) is 5.75 Å². The van der Waals surface area contributed by atoms with E-state index >= 15 is 0 Å². The maximum atomic E-state index is 13.0. The van der Waals surface area contributed by atoms with E-state index in [9.17, 15) is 14.7 Å². The van der Waals surface area contributed by atoms with Crippen LogP contribution in [-0.2, 0) is 4.79 Å². The number of carboxylic acids is 1. The molecule has 0 radical (unpaired) electrons. The Morgan fingerprint density at radius 2 is 1.69 bits per heavy atom. The van der Waals surface area contributed by atoms with Gasteiger partial charge in [0.15, 0.2) is 5.78 Å². The lowest BCUT2D eigenvalue weighted by Gasteiger charge is -2.16. The molecule has 4 rings (SSSR count). The van der Waals surface area contributed by atoms with Crippen molar-refractivity contribution in [2.45, 2.75) is 13.8 Å². The number of Topliss-reactive ketones (excluding diaryl/α,β-unsaturated/α-hetero) is 1. The van der Waals surface area contributed by atoms with Crippen LogP contribution < -0.4 is 10.5 Å². The number of nitrogens with two attached hydrogens (primary N) is 1. The predicted octanol–water partition coefficient (Wildman–Crippen LogP) is 7.55. The molecule has 5 nitrogen and oxygen atoms in total. The number of fused-ring (bicyclic) bond motifs is 1. The molecule has 36 heavy (non-hydrogen) atoms. The number of aromatic carboxylic acids is 1. The van der Waals surface area contributed by atoms with Gasteiger partial charge < -0.3 is 15.6 Å². The summed E-state index contributed by atoms with van der Waals surface area (Å²) in [5.41, 5.74) is 9.40. The van der Waals surface area contributed by atoms with Crippen molar-refractivity contribution in [3.05, 3.63) is 92.8 Å². The summed E-state index contributed by atoms with van der Waals surface area (Å²) in [5.74, 6) is -0.862. The number of ketones is 1. The SMILES string of the molecule is CC(C)C(=O)/C(COc1ccc(-c2csc3ccc(C(=O)O)cc23)cc1)=C(\N)c1c(Cl)cccc1Cl. The fraction of sp³-hybridized carbons (Fsp3) is 0.143. The molecule has 0 spiro atoms. The topological polar surface area (TPSA) is 89.6 Å². The Balaban J connectivity index is 1.61. The fourth-order valence-electron chi connectivity index (χ4n) is 3.81. The number of hydrogen-bond donors (Lipinski definition) is 2. The van der Waals surface area contributed by atoms with Crippen LogP contribution in [0.25, 0.3) is 26.9 Å². The number of ether oxygens (including phenoxy) is 1. The lowest BCUT2D eigenvalue weighted by molar-refractivity contribution is -0.118. The molecule has 0 aliphatic heterocycles. The highest BCUT2D eigenvalue weighted by Crippen LogP contribution is 2.36. The molecular formula is C28H23Cl2NO4S. The van der Waals surface area contributed by atoms with Crippen LogP contribution in [0.3, 0.4) is 0 Å². The monoisotopic (exact) mass is 539 g/mol. The summed E-state index contributed by atoms with van der Waals surface area (Å²) in [6.45, 7) is 3.53. The molecule has 0 aliphatic carbocycles. The van der Waals surface area contributed by atoms with Crippen LogP contribution in [0.4, 0.5) is 0 Å². The molecular weight excluding hydrogens is 517 g/mol. The summed E-state index contributed by atoms with van der Waals surface area (Å²) in [5, 5.41) is 12.9. The van der Waals surface area contributed by atoms with Gasteiger partial charge in [0.2, 0.25) is 0 Å². The zero-order chi connectivity index (χ0) is 26.0. The van der Waals surface area contributed by atoms with Crippen LogP contribution >= 0.6 is 34.5 Å². The highest BCUT2D eigenvalue weighted by Gasteiger charge is 2.22. The summed E-state index contributed by atoms with van der Waals surface area (Å²) >= 11 is 14.2. The number of carboxylic acid groups (broad SMARTS) is 1. The highest BCUT2D eigenvalue weighted by atomic mass is 35.5. The molecule has 8 heteroatoms. The van der Waals surface area contributed by atoms with Crippen molar-refractivity contribution < 1.29 is 19.4 Å². The average molecular weight is 540 g/mol. The molecule has 3 aromatic carbocycles. The Labute approximate surface area is 222 Å². The van der Waals surface area contributed by atoms with Crippen molar-refractivity contribution in [1.82, 2.24) is 0 Å². The average Bonchev–Trinajstić information content (AvgIpc) is 3.27. The molecule has 184 valence electrons. The summed E-state index contributed by atoms with van der Waals surface area (Å²) in [7, 11) is 0. The molecule has 1 aromatic heterocycles. The minimum atomic E-state index is -0.963. The van der Waals surface area contributed by atoms with E-state index in [-0.39, 0.29) is 29.6 Å².